The van der Waals surface area contributed by atoms with E-state index >= 15 is 0 Å². The van der Waals surface area contributed by atoms with Crippen LogP contribution in [0, 0.1) is 0 Å². The number of furan rings is 1. The van der Waals surface area contributed by atoms with Crippen molar-refractivity contribution in [1.82, 2.24) is 4.98 Å². The van der Waals surface area contributed by atoms with E-state index in [0.29, 0.717) is 5.76 Å². The summed E-state index contributed by atoms with van der Waals surface area (Å²) in [6, 6.07) is 3.18. The molecular weight excluding hydrogens is 228 g/mol. The largest absolute Gasteiger partial charge is 0.459 e. The van der Waals surface area contributed by atoms with Gasteiger partial charge in [-0.2, -0.15) is 0 Å². The standard InChI is InChI=1S/C9H6ClF2NO2/c10-4-6-7(8(11)12)13-9(15-6)5-2-1-3-14-5/h1-3,8H,4H2. The lowest BCUT2D eigenvalue weighted by molar-refractivity contribution is 0.144. The summed E-state index contributed by atoms with van der Waals surface area (Å²) in [6.45, 7) is 0. The van der Waals surface area contributed by atoms with Crippen molar-refractivity contribution in [2.24, 2.45) is 0 Å². The molecule has 0 atom stereocenters. The summed E-state index contributed by atoms with van der Waals surface area (Å²) in [7, 11) is 0. The quantitative estimate of drug-likeness (QED) is 0.760. The lowest BCUT2D eigenvalue weighted by Gasteiger charge is -1.92. The molecule has 0 saturated heterocycles. The van der Waals surface area contributed by atoms with E-state index in [9.17, 15) is 8.78 Å². The van der Waals surface area contributed by atoms with E-state index in [0.717, 1.165) is 0 Å². The third-order valence-corrected chi connectivity index (χ3v) is 2.03. The van der Waals surface area contributed by atoms with Gasteiger partial charge >= 0.3 is 0 Å². The molecule has 0 aliphatic carbocycles. The number of hydrogen-bond donors (Lipinski definition) is 0. The maximum Gasteiger partial charge on any atom is 0.283 e. The molecule has 2 heterocycles. The van der Waals surface area contributed by atoms with Gasteiger partial charge in [-0.3, -0.25) is 0 Å². The molecule has 0 aliphatic rings. The number of halogens is 3. The topological polar surface area (TPSA) is 39.2 Å². The van der Waals surface area contributed by atoms with Gasteiger partial charge in [-0.15, -0.1) is 11.6 Å². The molecule has 15 heavy (non-hydrogen) atoms. The Morgan fingerprint density at radius 3 is 2.73 bits per heavy atom. The SMILES string of the molecule is FC(F)c1nc(-c2ccco2)oc1CCl. The highest BCUT2D eigenvalue weighted by molar-refractivity contribution is 6.16. The molecule has 0 aliphatic heterocycles. The predicted molar refractivity (Wildman–Crippen MR) is 48.7 cm³/mol. The Bertz CT molecular complexity index is 439. The van der Waals surface area contributed by atoms with Gasteiger partial charge in [0.05, 0.1) is 12.1 Å². The van der Waals surface area contributed by atoms with Gasteiger partial charge in [-0.1, -0.05) is 0 Å². The van der Waals surface area contributed by atoms with Crippen molar-refractivity contribution >= 4 is 11.6 Å². The zero-order chi connectivity index (χ0) is 10.8. The lowest BCUT2D eigenvalue weighted by atomic mass is 10.4. The van der Waals surface area contributed by atoms with Crippen molar-refractivity contribution in [2.45, 2.75) is 12.3 Å². The number of hydrogen-bond acceptors (Lipinski definition) is 3. The van der Waals surface area contributed by atoms with Crippen LogP contribution in [0.2, 0.25) is 0 Å². The van der Waals surface area contributed by atoms with Crippen LogP contribution in [0.5, 0.6) is 0 Å². The molecular formula is C9H6ClF2NO2. The molecule has 0 fully saturated rings. The number of aromatic nitrogens is 1. The summed E-state index contributed by atoms with van der Waals surface area (Å²) in [5.41, 5.74) is -0.434. The highest BCUT2D eigenvalue weighted by Gasteiger charge is 2.22. The van der Waals surface area contributed by atoms with E-state index < -0.39 is 12.1 Å². The third-order valence-electron chi connectivity index (χ3n) is 1.79. The Balaban J connectivity index is 2.43. The van der Waals surface area contributed by atoms with E-state index in [-0.39, 0.29) is 17.5 Å². The maximum absolute atomic E-state index is 12.5. The molecule has 2 aromatic rings. The highest BCUT2D eigenvalue weighted by atomic mass is 35.5. The normalized spacial score (nSPS) is 11.2. The van der Waals surface area contributed by atoms with Crippen LogP contribution in [0.3, 0.4) is 0 Å². The Morgan fingerprint density at radius 2 is 2.27 bits per heavy atom. The van der Waals surface area contributed by atoms with Crippen molar-refractivity contribution in [2.75, 3.05) is 0 Å². The zero-order valence-corrected chi connectivity index (χ0v) is 8.17. The minimum atomic E-state index is -2.70. The van der Waals surface area contributed by atoms with E-state index in [1.165, 1.54) is 6.26 Å². The van der Waals surface area contributed by atoms with E-state index in [4.69, 9.17) is 20.4 Å². The van der Waals surface area contributed by atoms with Gasteiger partial charge in [-0.05, 0) is 12.1 Å². The summed E-state index contributed by atoms with van der Waals surface area (Å²) < 4.78 is 34.9. The molecule has 0 N–H and O–H groups in total. The van der Waals surface area contributed by atoms with Gasteiger partial charge in [0.25, 0.3) is 12.3 Å². The zero-order valence-electron chi connectivity index (χ0n) is 7.41. The molecule has 6 heteroatoms. The van der Waals surface area contributed by atoms with E-state index in [2.05, 4.69) is 4.98 Å². The summed E-state index contributed by atoms with van der Waals surface area (Å²) >= 11 is 5.45. The molecule has 0 saturated carbocycles. The van der Waals surface area contributed by atoms with Gasteiger partial charge in [0.2, 0.25) is 0 Å². The minimum Gasteiger partial charge on any atom is -0.459 e. The molecule has 3 nitrogen and oxygen atoms in total. The third kappa shape index (κ3) is 1.87. The van der Waals surface area contributed by atoms with Crippen molar-refractivity contribution in [1.29, 1.82) is 0 Å². The molecule has 80 valence electrons. The van der Waals surface area contributed by atoms with Crippen LogP contribution < -0.4 is 0 Å². The second kappa shape index (κ2) is 4.02. The van der Waals surface area contributed by atoms with Crippen LogP contribution in [0.15, 0.2) is 27.2 Å². The smallest absolute Gasteiger partial charge is 0.283 e. The van der Waals surface area contributed by atoms with Crippen LogP contribution in [-0.4, -0.2) is 4.98 Å². The second-order valence-electron chi connectivity index (χ2n) is 2.74. The van der Waals surface area contributed by atoms with Gasteiger partial charge in [0, 0.05) is 0 Å². The predicted octanol–water partition coefficient (Wildman–Crippen LogP) is 3.61. The Kier molecular flexibility index (Phi) is 2.73. The van der Waals surface area contributed by atoms with Crippen LogP contribution in [-0.2, 0) is 5.88 Å². The Morgan fingerprint density at radius 1 is 1.47 bits per heavy atom. The summed E-state index contributed by atoms with van der Waals surface area (Å²) in [5.74, 6) is 0.144. The van der Waals surface area contributed by atoms with Gasteiger partial charge in [0.15, 0.2) is 5.76 Å². The molecule has 0 bridgehead atoms. The number of rotatable bonds is 3. The maximum atomic E-state index is 12.5. The molecule has 0 aromatic carbocycles. The van der Waals surface area contributed by atoms with Crippen LogP contribution in [0.25, 0.3) is 11.7 Å². The van der Waals surface area contributed by atoms with Crippen molar-refractivity contribution in [3.8, 4) is 11.7 Å². The van der Waals surface area contributed by atoms with Crippen molar-refractivity contribution in [3.63, 3.8) is 0 Å². The van der Waals surface area contributed by atoms with Crippen molar-refractivity contribution < 1.29 is 17.6 Å². The fourth-order valence-corrected chi connectivity index (χ4v) is 1.33. The number of oxazole rings is 1. The Labute approximate surface area is 88.7 Å². The van der Waals surface area contributed by atoms with Gasteiger partial charge in [0.1, 0.15) is 11.5 Å². The van der Waals surface area contributed by atoms with Crippen LogP contribution in [0.4, 0.5) is 8.78 Å². The number of nitrogens with zero attached hydrogens (tertiary/aromatic N) is 1. The Hall–Kier alpha value is -1.36. The molecule has 2 rings (SSSR count). The van der Waals surface area contributed by atoms with Crippen LogP contribution >= 0.6 is 11.6 Å². The summed E-state index contributed by atoms with van der Waals surface area (Å²) in [5, 5.41) is 0. The first-order valence-corrected chi connectivity index (χ1v) is 4.63. The van der Waals surface area contributed by atoms with Gasteiger partial charge < -0.3 is 8.83 Å². The molecule has 0 radical (unpaired) electrons. The monoisotopic (exact) mass is 233 g/mol. The first kappa shape index (κ1) is 10.2. The fraction of sp³-hybridized carbons (Fsp3) is 0.222. The first-order valence-electron chi connectivity index (χ1n) is 4.10. The summed E-state index contributed by atoms with van der Waals surface area (Å²) in [4.78, 5) is 3.63. The average Bonchev–Trinajstić information content (AvgIpc) is 2.86. The summed E-state index contributed by atoms with van der Waals surface area (Å²) in [6.07, 6.45) is -1.30. The highest BCUT2D eigenvalue weighted by Crippen LogP contribution is 2.29. The van der Waals surface area contributed by atoms with Gasteiger partial charge in [-0.25, -0.2) is 13.8 Å². The second-order valence-corrected chi connectivity index (χ2v) is 3.01. The molecule has 0 amide bonds. The molecule has 0 spiro atoms. The average molecular weight is 234 g/mol. The first-order chi connectivity index (χ1) is 7.22. The van der Waals surface area contributed by atoms with E-state index in [1.54, 1.807) is 12.1 Å². The minimum absolute atomic E-state index is 0.0194. The fourth-order valence-electron chi connectivity index (χ4n) is 1.14. The van der Waals surface area contributed by atoms with Crippen LogP contribution in [0.1, 0.15) is 17.9 Å². The van der Waals surface area contributed by atoms with E-state index in [1.807, 2.05) is 0 Å². The molecule has 2 aromatic heterocycles. The number of alkyl halides is 3. The van der Waals surface area contributed by atoms with Crippen molar-refractivity contribution in [3.05, 3.63) is 29.9 Å². The molecule has 0 unspecified atom stereocenters. The lowest BCUT2D eigenvalue weighted by Crippen LogP contribution is -1.88.